The second-order valence-electron chi connectivity index (χ2n) is 7.45. The van der Waals surface area contributed by atoms with Gasteiger partial charge < -0.3 is 10.4 Å². The maximum atomic E-state index is 13.3. The minimum absolute atomic E-state index is 0.210. The van der Waals surface area contributed by atoms with Gasteiger partial charge in [0.2, 0.25) is 0 Å². The lowest BCUT2D eigenvalue weighted by atomic mass is 9.81. The van der Waals surface area contributed by atoms with Crippen LogP contribution >= 0.6 is 34.0 Å². The number of hydroxylamine groups is 1. The summed E-state index contributed by atoms with van der Waals surface area (Å²) >= 11 is 5.12. The van der Waals surface area contributed by atoms with Gasteiger partial charge in [-0.3, -0.25) is 10.0 Å². The lowest BCUT2D eigenvalue weighted by Crippen LogP contribution is -2.70. The van der Waals surface area contributed by atoms with Gasteiger partial charge in [-0.05, 0) is 68.9 Å². The Morgan fingerprint density at radius 2 is 1.71 bits per heavy atom. The molecule has 10 heteroatoms. The third kappa shape index (κ3) is 5.05. The smallest absolute Gasteiger partial charge is 0.268 e. The Morgan fingerprint density at radius 3 is 2.32 bits per heavy atom. The molecule has 2 unspecified atom stereocenters. The first-order valence-electron chi connectivity index (χ1n) is 9.62. The van der Waals surface area contributed by atoms with Crippen LogP contribution in [0.25, 0.3) is 19.5 Å². The van der Waals surface area contributed by atoms with Crippen LogP contribution < -0.4 is 10.8 Å². The molecule has 0 aliphatic rings. The molecule has 1 amide bonds. The highest BCUT2D eigenvalue weighted by molar-refractivity contribution is 7.26. The van der Waals surface area contributed by atoms with Crippen molar-refractivity contribution in [2.75, 3.05) is 6.54 Å². The molecular weight excluding hydrogens is 462 g/mol. The van der Waals surface area contributed by atoms with Gasteiger partial charge in [-0.15, -0.1) is 34.0 Å². The Bertz CT molecular complexity index is 1000. The Hall–Kier alpha value is -1.69. The number of alkyl halides is 2. The quantitative estimate of drug-likeness (QED) is 0.185. The van der Waals surface area contributed by atoms with Gasteiger partial charge in [0, 0.05) is 24.4 Å². The largest absolute Gasteiger partial charge is 0.382 e. The van der Waals surface area contributed by atoms with Gasteiger partial charge in [-0.25, -0.2) is 14.3 Å². The van der Waals surface area contributed by atoms with E-state index < -0.39 is 23.5 Å². The van der Waals surface area contributed by atoms with E-state index in [1.807, 2.05) is 12.1 Å². The molecule has 0 radical (unpaired) electrons. The van der Waals surface area contributed by atoms with E-state index in [0.29, 0.717) is 12.8 Å². The molecule has 3 heterocycles. The summed E-state index contributed by atoms with van der Waals surface area (Å²) in [7, 11) is 0. The summed E-state index contributed by atoms with van der Waals surface area (Å²) in [6, 6.07) is 12.5. The van der Waals surface area contributed by atoms with Gasteiger partial charge >= 0.3 is 0 Å². The second-order valence-corrected chi connectivity index (χ2v) is 10.7. The molecular formula is C21H24F2N2O3S3. The summed E-state index contributed by atoms with van der Waals surface area (Å²) in [5.41, 5.74) is -3.34. The average molecular weight is 487 g/mol. The average Bonchev–Trinajstić information content (AvgIpc) is 3.50. The number of thiophene rings is 3. The highest BCUT2D eigenvalue weighted by Crippen LogP contribution is 2.39. The van der Waals surface area contributed by atoms with Crippen molar-refractivity contribution in [1.82, 2.24) is 10.8 Å². The number of carbonyl (C=O) groups is 1. The molecule has 31 heavy (non-hydrogen) atoms. The molecule has 3 aromatic rings. The molecule has 0 fully saturated rings. The molecule has 0 saturated heterocycles. The Morgan fingerprint density at radius 1 is 1.06 bits per heavy atom. The number of amides is 1. The molecule has 0 saturated carbocycles. The van der Waals surface area contributed by atoms with Crippen LogP contribution in [0.4, 0.5) is 8.78 Å². The van der Waals surface area contributed by atoms with Crippen molar-refractivity contribution in [3.63, 3.8) is 0 Å². The summed E-state index contributed by atoms with van der Waals surface area (Å²) in [5, 5.41) is 23.8. The molecule has 168 valence electrons. The Kier molecular flexibility index (Phi) is 7.61. The SMILES string of the molecule is CC(NCCCc1ccc(-c2ccc(-c3cccs3)s2)s1)(C(=O)NO)C(C)(O)C(F)F. The topological polar surface area (TPSA) is 81.6 Å². The lowest BCUT2D eigenvalue weighted by Gasteiger charge is -2.40. The molecule has 0 spiro atoms. The minimum atomic E-state index is -3.17. The maximum Gasteiger partial charge on any atom is 0.268 e. The summed E-state index contributed by atoms with van der Waals surface area (Å²) < 4.78 is 26.6. The van der Waals surface area contributed by atoms with E-state index in [1.54, 1.807) is 34.0 Å². The lowest BCUT2D eigenvalue weighted by molar-refractivity contribution is -0.167. The monoisotopic (exact) mass is 486 g/mol. The Balaban J connectivity index is 1.59. The van der Waals surface area contributed by atoms with Crippen molar-refractivity contribution in [1.29, 1.82) is 0 Å². The predicted octanol–water partition coefficient (Wildman–Crippen LogP) is 5.01. The number of aliphatic hydroxyl groups is 1. The van der Waals surface area contributed by atoms with E-state index in [-0.39, 0.29) is 6.54 Å². The van der Waals surface area contributed by atoms with Gasteiger partial charge in [-0.2, -0.15) is 0 Å². The molecule has 2 atom stereocenters. The number of aryl methyl sites for hydroxylation is 1. The van der Waals surface area contributed by atoms with Crippen molar-refractivity contribution in [2.24, 2.45) is 0 Å². The number of carbonyl (C=O) groups excluding carboxylic acids is 1. The molecule has 0 aliphatic carbocycles. The van der Waals surface area contributed by atoms with Gasteiger partial charge in [0.05, 0.1) is 0 Å². The van der Waals surface area contributed by atoms with Gasteiger partial charge in [0.25, 0.3) is 12.3 Å². The van der Waals surface area contributed by atoms with Crippen molar-refractivity contribution in [2.45, 2.75) is 44.3 Å². The van der Waals surface area contributed by atoms with Crippen molar-refractivity contribution < 1.29 is 23.9 Å². The van der Waals surface area contributed by atoms with Crippen molar-refractivity contribution >= 4 is 39.9 Å². The first-order valence-corrected chi connectivity index (χ1v) is 12.1. The molecule has 3 rings (SSSR count). The van der Waals surface area contributed by atoms with Crippen molar-refractivity contribution in [3.05, 3.63) is 46.7 Å². The van der Waals surface area contributed by atoms with Gasteiger partial charge in [0.1, 0.15) is 11.1 Å². The third-order valence-electron chi connectivity index (χ3n) is 5.35. The van der Waals surface area contributed by atoms with Gasteiger partial charge in [0.15, 0.2) is 0 Å². The van der Waals surface area contributed by atoms with Crippen LogP contribution in [0.3, 0.4) is 0 Å². The summed E-state index contributed by atoms with van der Waals surface area (Å²) in [5.74, 6) is -1.12. The molecule has 4 N–H and O–H groups in total. The normalized spacial score (nSPS) is 15.6. The number of rotatable bonds is 10. The first kappa shape index (κ1) is 24.0. The predicted molar refractivity (Wildman–Crippen MR) is 122 cm³/mol. The molecule has 3 aromatic heterocycles. The number of hydrogen-bond acceptors (Lipinski definition) is 7. The Labute approximate surface area is 191 Å². The van der Waals surface area contributed by atoms with Crippen LogP contribution in [0.15, 0.2) is 41.8 Å². The summed E-state index contributed by atoms with van der Waals surface area (Å²) in [6.07, 6.45) is -1.92. The molecule has 5 nitrogen and oxygen atoms in total. The summed E-state index contributed by atoms with van der Waals surface area (Å²) in [4.78, 5) is 18.0. The number of nitrogens with one attached hydrogen (secondary N) is 2. The van der Waals surface area contributed by atoms with E-state index in [1.165, 1.54) is 25.0 Å². The van der Waals surface area contributed by atoms with Crippen LogP contribution in [0.1, 0.15) is 25.1 Å². The van der Waals surface area contributed by atoms with Crippen LogP contribution in [0.2, 0.25) is 0 Å². The first-order chi connectivity index (χ1) is 14.7. The van der Waals surface area contributed by atoms with Crippen LogP contribution in [0.5, 0.6) is 0 Å². The van der Waals surface area contributed by atoms with Crippen LogP contribution in [-0.4, -0.2) is 40.3 Å². The van der Waals surface area contributed by atoms with E-state index in [4.69, 9.17) is 5.21 Å². The summed E-state index contributed by atoms with van der Waals surface area (Å²) in [6.45, 7) is 2.23. The zero-order valence-electron chi connectivity index (χ0n) is 17.0. The second kappa shape index (κ2) is 9.85. The fourth-order valence-corrected chi connectivity index (χ4v) is 6.07. The number of hydrogen-bond donors (Lipinski definition) is 4. The maximum absolute atomic E-state index is 13.3. The fraction of sp³-hybridized carbons (Fsp3) is 0.381. The van der Waals surface area contributed by atoms with Crippen LogP contribution in [-0.2, 0) is 11.2 Å². The highest BCUT2D eigenvalue weighted by atomic mass is 32.1. The molecule has 0 aromatic carbocycles. The van der Waals surface area contributed by atoms with Gasteiger partial charge in [-0.1, -0.05) is 6.07 Å². The fourth-order valence-electron chi connectivity index (χ4n) is 3.09. The van der Waals surface area contributed by atoms with E-state index >= 15 is 0 Å². The van der Waals surface area contributed by atoms with Crippen molar-refractivity contribution in [3.8, 4) is 19.5 Å². The third-order valence-corrected chi connectivity index (χ3v) is 8.84. The highest BCUT2D eigenvalue weighted by Gasteiger charge is 2.54. The molecule has 0 bridgehead atoms. The zero-order chi connectivity index (χ0) is 22.6. The standard InChI is InChI=1S/C21H24F2N2O3S3/c1-20(19(26)25-28,21(2,27)18(22)23)24-11-3-5-13-7-8-16(30-13)17-10-9-15(31-17)14-6-4-12-29-14/h4,6-10,12,18,24,27-28H,3,5,11H2,1-2H3,(H,25,26). The minimum Gasteiger partial charge on any atom is -0.382 e. The molecule has 0 aliphatic heterocycles. The van der Waals surface area contributed by atoms with E-state index in [2.05, 4.69) is 35.0 Å². The number of halogens is 2. The zero-order valence-corrected chi connectivity index (χ0v) is 19.5. The van der Waals surface area contributed by atoms with E-state index in [9.17, 15) is 18.7 Å². The van der Waals surface area contributed by atoms with Crippen LogP contribution in [0, 0.1) is 0 Å². The van der Waals surface area contributed by atoms with E-state index in [0.717, 1.165) is 18.7 Å².